The smallest absolute Gasteiger partial charge is 0.269 e. The lowest BCUT2D eigenvalue weighted by Crippen LogP contribution is -2.03. The van der Waals surface area contributed by atoms with Crippen LogP contribution in [-0.2, 0) is 6.42 Å². The second kappa shape index (κ2) is 5.93. The first-order valence-corrected chi connectivity index (χ1v) is 7.23. The van der Waals surface area contributed by atoms with Gasteiger partial charge in [0.15, 0.2) is 5.78 Å². The van der Waals surface area contributed by atoms with E-state index in [1.165, 1.54) is 12.1 Å². The van der Waals surface area contributed by atoms with Crippen molar-refractivity contribution in [2.75, 3.05) is 0 Å². The normalized spacial score (nSPS) is 16.2. The van der Waals surface area contributed by atoms with Crippen LogP contribution in [0.3, 0.4) is 0 Å². The van der Waals surface area contributed by atoms with Gasteiger partial charge < -0.3 is 0 Å². The van der Waals surface area contributed by atoms with Gasteiger partial charge in [-0.1, -0.05) is 24.3 Å². The summed E-state index contributed by atoms with van der Waals surface area (Å²) in [4.78, 5) is 22.9. The van der Waals surface area contributed by atoms with Crippen LogP contribution in [0, 0.1) is 10.1 Å². The minimum Gasteiger partial charge on any atom is -0.289 e. The summed E-state index contributed by atoms with van der Waals surface area (Å²) in [5.74, 6) is 0.0615. The molecule has 22 heavy (non-hydrogen) atoms. The van der Waals surface area contributed by atoms with Crippen LogP contribution < -0.4 is 0 Å². The number of fused-ring (bicyclic) bond motifs is 1. The lowest BCUT2D eigenvalue weighted by atomic mass is 9.98. The lowest BCUT2D eigenvalue weighted by Gasteiger charge is -2.05. The molecular weight excluding hydrogens is 278 g/mol. The number of nitrogens with zero attached hydrogens (tertiary/aromatic N) is 1. The zero-order valence-electron chi connectivity index (χ0n) is 12.0. The summed E-state index contributed by atoms with van der Waals surface area (Å²) in [6.45, 7) is 0. The summed E-state index contributed by atoms with van der Waals surface area (Å²) < 4.78 is 0. The van der Waals surface area contributed by atoms with Crippen LogP contribution in [0.25, 0.3) is 6.08 Å². The SMILES string of the molecule is O=C1/C(=C/c2ccc([N+](=O)[O-])cc2)CCCc2ccccc21. The van der Waals surface area contributed by atoms with Crippen molar-refractivity contribution in [1.29, 1.82) is 0 Å². The van der Waals surface area contributed by atoms with E-state index in [9.17, 15) is 14.9 Å². The molecule has 0 N–H and O–H groups in total. The van der Waals surface area contributed by atoms with E-state index in [1.54, 1.807) is 12.1 Å². The molecule has 0 atom stereocenters. The Morgan fingerprint density at radius 3 is 2.45 bits per heavy atom. The summed E-state index contributed by atoms with van der Waals surface area (Å²) in [6, 6.07) is 14.0. The Labute approximate surface area is 128 Å². The van der Waals surface area contributed by atoms with Gasteiger partial charge in [0.05, 0.1) is 4.92 Å². The van der Waals surface area contributed by atoms with Gasteiger partial charge in [0.1, 0.15) is 0 Å². The Morgan fingerprint density at radius 1 is 1.00 bits per heavy atom. The first-order chi connectivity index (χ1) is 10.6. The van der Waals surface area contributed by atoms with E-state index in [1.807, 2.05) is 30.3 Å². The van der Waals surface area contributed by atoms with Gasteiger partial charge in [-0.2, -0.15) is 0 Å². The number of aryl methyl sites for hydroxylation is 1. The topological polar surface area (TPSA) is 60.2 Å². The molecule has 0 fully saturated rings. The minimum absolute atomic E-state index is 0.0553. The number of carbonyl (C=O) groups is 1. The van der Waals surface area contributed by atoms with Crippen molar-refractivity contribution < 1.29 is 9.72 Å². The minimum atomic E-state index is -0.427. The Bertz CT molecular complexity index is 760. The summed E-state index contributed by atoms with van der Waals surface area (Å²) in [7, 11) is 0. The van der Waals surface area contributed by atoms with Crippen LogP contribution >= 0.6 is 0 Å². The van der Waals surface area contributed by atoms with Gasteiger partial charge in [0.25, 0.3) is 5.69 Å². The number of nitro groups is 1. The van der Waals surface area contributed by atoms with Gasteiger partial charge in [-0.3, -0.25) is 14.9 Å². The number of benzene rings is 2. The molecule has 0 bridgehead atoms. The molecule has 0 aliphatic heterocycles. The fraction of sp³-hybridized carbons (Fsp3) is 0.167. The molecule has 2 aromatic rings. The summed E-state index contributed by atoms with van der Waals surface area (Å²) in [5, 5.41) is 10.7. The zero-order valence-corrected chi connectivity index (χ0v) is 12.0. The highest BCUT2D eigenvalue weighted by Crippen LogP contribution is 2.26. The van der Waals surface area contributed by atoms with Crippen LogP contribution in [0.2, 0.25) is 0 Å². The van der Waals surface area contributed by atoms with Crippen LogP contribution in [0.4, 0.5) is 5.69 Å². The van der Waals surface area contributed by atoms with Gasteiger partial charge in [0.2, 0.25) is 0 Å². The molecule has 0 aromatic heterocycles. The molecule has 4 nitrogen and oxygen atoms in total. The van der Waals surface area contributed by atoms with E-state index in [2.05, 4.69) is 0 Å². The largest absolute Gasteiger partial charge is 0.289 e. The third kappa shape index (κ3) is 2.81. The predicted octanol–water partition coefficient (Wildman–Crippen LogP) is 4.20. The van der Waals surface area contributed by atoms with E-state index in [4.69, 9.17) is 0 Å². The van der Waals surface area contributed by atoms with Gasteiger partial charge >= 0.3 is 0 Å². The highest BCUT2D eigenvalue weighted by atomic mass is 16.6. The highest BCUT2D eigenvalue weighted by molar-refractivity contribution is 6.12. The molecule has 0 unspecified atom stereocenters. The van der Waals surface area contributed by atoms with Gasteiger partial charge in [-0.05, 0) is 48.6 Å². The molecule has 0 saturated heterocycles. The first kappa shape index (κ1) is 14.2. The van der Waals surface area contributed by atoms with Crippen LogP contribution in [0.15, 0.2) is 54.1 Å². The fourth-order valence-corrected chi connectivity index (χ4v) is 2.75. The molecule has 0 radical (unpaired) electrons. The summed E-state index contributed by atoms with van der Waals surface area (Å²) in [5.41, 5.74) is 3.50. The molecule has 110 valence electrons. The van der Waals surface area contributed by atoms with Crippen molar-refractivity contribution in [3.8, 4) is 0 Å². The van der Waals surface area contributed by atoms with Crippen molar-refractivity contribution in [2.24, 2.45) is 0 Å². The Kier molecular flexibility index (Phi) is 3.83. The number of allylic oxidation sites excluding steroid dienone is 1. The second-order valence-corrected chi connectivity index (χ2v) is 5.36. The Balaban J connectivity index is 1.94. The maximum Gasteiger partial charge on any atom is 0.269 e. The maximum absolute atomic E-state index is 12.6. The maximum atomic E-state index is 12.6. The van der Waals surface area contributed by atoms with E-state index < -0.39 is 4.92 Å². The number of non-ortho nitro benzene ring substituents is 1. The molecule has 0 spiro atoms. The fourth-order valence-electron chi connectivity index (χ4n) is 2.75. The highest BCUT2D eigenvalue weighted by Gasteiger charge is 2.19. The third-order valence-corrected chi connectivity index (χ3v) is 3.89. The Morgan fingerprint density at radius 2 is 1.73 bits per heavy atom. The monoisotopic (exact) mass is 293 g/mol. The molecule has 1 aliphatic carbocycles. The molecular formula is C18H15NO3. The quantitative estimate of drug-likeness (QED) is 0.361. The number of hydrogen-bond acceptors (Lipinski definition) is 3. The molecule has 0 amide bonds. The van der Waals surface area contributed by atoms with Crippen LogP contribution in [0.1, 0.15) is 34.3 Å². The predicted molar refractivity (Wildman–Crippen MR) is 84.8 cm³/mol. The average Bonchev–Trinajstić information content (AvgIpc) is 2.68. The van der Waals surface area contributed by atoms with Crippen molar-refractivity contribution in [3.63, 3.8) is 0 Å². The van der Waals surface area contributed by atoms with E-state index in [0.29, 0.717) is 0 Å². The second-order valence-electron chi connectivity index (χ2n) is 5.36. The molecule has 0 saturated carbocycles. The molecule has 0 heterocycles. The van der Waals surface area contributed by atoms with E-state index in [0.717, 1.165) is 41.5 Å². The number of Topliss-reactive ketones (excluding diaryl/α,β-unsaturated/α-hetero) is 1. The molecule has 4 heteroatoms. The average molecular weight is 293 g/mol. The lowest BCUT2D eigenvalue weighted by molar-refractivity contribution is -0.384. The first-order valence-electron chi connectivity index (χ1n) is 7.23. The standard InChI is InChI=1S/C18H15NO3/c20-18-15(6-3-5-14-4-1-2-7-17(14)18)12-13-8-10-16(11-9-13)19(21)22/h1-2,4,7-12H,3,5-6H2/b15-12+. The summed E-state index contributed by atoms with van der Waals surface area (Å²) >= 11 is 0. The molecule has 3 rings (SSSR count). The van der Waals surface area contributed by atoms with Crippen molar-refractivity contribution in [2.45, 2.75) is 19.3 Å². The van der Waals surface area contributed by atoms with Gasteiger partial charge in [-0.15, -0.1) is 0 Å². The van der Waals surface area contributed by atoms with E-state index >= 15 is 0 Å². The number of nitro benzene ring substituents is 1. The number of carbonyl (C=O) groups excluding carboxylic acids is 1. The Hall–Kier alpha value is -2.75. The number of rotatable bonds is 2. The van der Waals surface area contributed by atoms with Crippen LogP contribution in [0.5, 0.6) is 0 Å². The number of hydrogen-bond donors (Lipinski definition) is 0. The van der Waals surface area contributed by atoms with Gasteiger partial charge in [-0.25, -0.2) is 0 Å². The van der Waals surface area contributed by atoms with E-state index in [-0.39, 0.29) is 11.5 Å². The van der Waals surface area contributed by atoms with Crippen molar-refractivity contribution >= 4 is 17.5 Å². The van der Waals surface area contributed by atoms with Crippen molar-refractivity contribution in [3.05, 3.63) is 80.9 Å². The molecule has 1 aliphatic rings. The zero-order chi connectivity index (χ0) is 15.5. The van der Waals surface area contributed by atoms with Crippen LogP contribution in [-0.4, -0.2) is 10.7 Å². The van der Waals surface area contributed by atoms with Crippen molar-refractivity contribution in [1.82, 2.24) is 0 Å². The third-order valence-electron chi connectivity index (χ3n) is 3.89. The number of ketones is 1. The summed E-state index contributed by atoms with van der Waals surface area (Å²) in [6.07, 6.45) is 4.40. The van der Waals surface area contributed by atoms with Gasteiger partial charge in [0, 0.05) is 23.3 Å². The molecule has 2 aromatic carbocycles.